The van der Waals surface area contributed by atoms with Crippen molar-refractivity contribution in [1.29, 1.82) is 0 Å². The molecule has 1 aromatic heterocycles. The van der Waals surface area contributed by atoms with Gasteiger partial charge in [0.15, 0.2) is 5.13 Å². The predicted octanol–water partition coefficient (Wildman–Crippen LogP) is 3.58. The number of rotatable bonds is 4. The van der Waals surface area contributed by atoms with Crippen LogP contribution in [0.5, 0.6) is 0 Å². The number of nitrogen functional groups attached to an aromatic ring is 1. The number of nitrogens with zero attached hydrogens (tertiary/aromatic N) is 1. The van der Waals surface area contributed by atoms with Gasteiger partial charge in [-0.25, -0.2) is 4.98 Å². The van der Waals surface area contributed by atoms with E-state index >= 15 is 0 Å². The van der Waals surface area contributed by atoms with Crippen LogP contribution in [-0.2, 0) is 0 Å². The predicted molar refractivity (Wildman–Crippen MR) is 87.6 cm³/mol. The molecule has 0 atom stereocenters. The van der Waals surface area contributed by atoms with Gasteiger partial charge in [-0.3, -0.25) is 4.79 Å². The standard InChI is InChI=1S/C16H21N3OS/c1-2-16(7-3-4-8-16)10-18-14(20)11-5-6-12-13(9-11)21-15(17)19-12/h5-6,9H,2-4,7-8,10H2,1H3,(H2,17,19)(H,18,20). The van der Waals surface area contributed by atoms with E-state index in [0.717, 1.165) is 23.2 Å². The zero-order chi connectivity index (χ0) is 14.9. The third-order valence-electron chi connectivity index (χ3n) is 4.71. The number of benzene rings is 1. The molecule has 1 saturated carbocycles. The van der Waals surface area contributed by atoms with Crippen molar-refractivity contribution in [3.63, 3.8) is 0 Å². The summed E-state index contributed by atoms with van der Waals surface area (Å²) < 4.78 is 0.964. The highest BCUT2D eigenvalue weighted by Crippen LogP contribution is 2.40. The molecule has 4 nitrogen and oxygen atoms in total. The summed E-state index contributed by atoms with van der Waals surface area (Å²) in [5.41, 5.74) is 7.56. The monoisotopic (exact) mass is 303 g/mol. The Morgan fingerprint density at radius 3 is 2.90 bits per heavy atom. The Bertz CT molecular complexity index is 659. The molecule has 0 bridgehead atoms. The fourth-order valence-corrected chi connectivity index (χ4v) is 4.01. The van der Waals surface area contributed by atoms with Gasteiger partial charge in [0.25, 0.3) is 5.91 Å². The molecule has 0 unspecified atom stereocenters. The first-order valence-electron chi connectivity index (χ1n) is 7.56. The maximum Gasteiger partial charge on any atom is 0.251 e. The molecule has 0 aliphatic heterocycles. The van der Waals surface area contributed by atoms with Crippen LogP contribution in [0.2, 0.25) is 0 Å². The number of amides is 1. The lowest BCUT2D eigenvalue weighted by Crippen LogP contribution is -2.35. The van der Waals surface area contributed by atoms with E-state index < -0.39 is 0 Å². The van der Waals surface area contributed by atoms with Gasteiger partial charge in [-0.05, 0) is 42.9 Å². The Kier molecular flexibility index (Phi) is 3.85. The van der Waals surface area contributed by atoms with Crippen molar-refractivity contribution in [2.75, 3.05) is 12.3 Å². The van der Waals surface area contributed by atoms with E-state index in [4.69, 9.17) is 5.73 Å². The van der Waals surface area contributed by atoms with Crippen molar-refractivity contribution in [2.45, 2.75) is 39.0 Å². The summed E-state index contributed by atoms with van der Waals surface area (Å²) in [5.74, 6) is 0.00333. The fraction of sp³-hybridized carbons (Fsp3) is 0.500. The molecule has 3 N–H and O–H groups in total. The summed E-state index contributed by atoms with van der Waals surface area (Å²) in [5, 5.41) is 3.66. The van der Waals surface area contributed by atoms with Gasteiger partial charge in [0, 0.05) is 12.1 Å². The molecule has 1 fully saturated rings. The van der Waals surface area contributed by atoms with Gasteiger partial charge in [-0.1, -0.05) is 31.1 Å². The molecule has 0 radical (unpaired) electrons. The summed E-state index contributed by atoms with van der Waals surface area (Å²) in [4.78, 5) is 16.6. The molecule has 0 spiro atoms. The van der Waals surface area contributed by atoms with E-state index in [2.05, 4.69) is 17.2 Å². The van der Waals surface area contributed by atoms with Gasteiger partial charge in [0.2, 0.25) is 0 Å². The van der Waals surface area contributed by atoms with E-state index in [1.54, 1.807) is 0 Å². The van der Waals surface area contributed by atoms with Gasteiger partial charge in [-0.2, -0.15) is 0 Å². The molecule has 1 heterocycles. The molecule has 1 aromatic carbocycles. The van der Waals surface area contributed by atoms with E-state index in [-0.39, 0.29) is 5.91 Å². The first kappa shape index (κ1) is 14.3. The average Bonchev–Trinajstić information content (AvgIpc) is 3.09. The highest BCUT2D eigenvalue weighted by atomic mass is 32.1. The lowest BCUT2D eigenvalue weighted by Gasteiger charge is -2.27. The van der Waals surface area contributed by atoms with Crippen LogP contribution in [0.25, 0.3) is 10.2 Å². The highest BCUT2D eigenvalue weighted by molar-refractivity contribution is 7.22. The topological polar surface area (TPSA) is 68.0 Å². The third-order valence-corrected chi connectivity index (χ3v) is 5.55. The van der Waals surface area contributed by atoms with Crippen LogP contribution in [0.1, 0.15) is 49.4 Å². The number of aromatic nitrogens is 1. The molecular formula is C16H21N3OS. The first-order valence-corrected chi connectivity index (χ1v) is 8.38. The number of thiazole rings is 1. The highest BCUT2D eigenvalue weighted by Gasteiger charge is 2.32. The SMILES string of the molecule is CCC1(CNC(=O)c2ccc3nc(N)sc3c2)CCCC1. The maximum absolute atomic E-state index is 12.4. The second-order valence-corrected chi connectivity index (χ2v) is 7.04. The van der Waals surface area contributed by atoms with Crippen molar-refractivity contribution in [1.82, 2.24) is 10.3 Å². The van der Waals surface area contributed by atoms with Crippen LogP contribution >= 0.6 is 11.3 Å². The quantitative estimate of drug-likeness (QED) is 0.907. The van der Waals surface area contributed by atoms with E-state index in [1.807, 2.05) is 18.2 Å². The molecule has 0 saturated heterocycles. The van der Waals surface area contributed by atoms with Gasteiger partial charge in [0.05, 0.1) is 10.2 Å². The number of hydrogen-bond acceptors (Lipinski definition) is 4. The van der Waals surface area contributed by atoms with Crippen molar-refractivity contribution >= 4 is 32.6 Å². The van der Waals surface area contributed by atoms with Gasteiger partial charge in [-0.15, -0.1) is 0 Å². The van der Waals surface area contributed by atoms with E-state index in [0.29, 0.717) is 16.1 Å². The van der Waals surface area contributed by atoms with Crippen molar-refractivity contribution in [3.8, 4) is 0 Å². The normalized spacial score (nSPS) is 17.2. The Morgan fingerprint density at radius 2 is 2.19 bits per heavy atom. The van der Waals surface area contributed by atoms with Gasteiger partial charge in [0.1, 0.15) is 0 Å². The zero-order valence-electron chi connectivity index (χ0n) is 12.3. The Hall–Kier alpha value is -1.62. The first-order chi connectivity index (χ1) is 10.1. The Morgan fingerprint density at radius 1 is 1.43 bits per heavy atom. The Labute approximate surface area is 128 Å². The second-order valence-electron chi connectivity index (χ2n) is 5.98. The minimum absolute atomic E-state index is 0.00333. The number of hydrogen-bond donors (Lipinski definition) is 2. The average molecular weight is 303 g/mol. The van der Waals surface area contributed by atoms with Crippen LogP contribution in [0, 0.1) is 5.41 Å². The largest absolute Gasteiger partial charge is 0.375 e. The molecular weight excluding hydrogens is 282 g/mol. The fourth-order valence-electron chi connectivity index (χ4n) is 3.23. The molecule has 2 aromatic rings. The van der Waals surface area contributed by atoms with Crippen LogP contribution in [-0.4, -0.2) is 17.4 Å². The smallest absolute Gasteiger partial charge is 0.251 e. The minimum atomic E-state index is 0.00333. The third kappa shape index (κ3) is 2.88. The lowest BCUT2D eigenvalue weighted by atomic mass is 9.83. The zero-order valence-corrected chi connectivity index (χ0v) is 13.1. The van der Waals surface area contributed by atoms with Crippen molar-refractivity contribution in [2.24, 2.45) is 5.41 Å². The number of anilines is 1. The van der Waals surface area contributed by atoms with Crippen molar-refractivity contribution in [3.05, 3.63) is 23.8 Å². The molecule has 1 aliphatic carbocycles. The number of carbonyl (C=O) groups is 1. The van der Waals surface area contributed by atoms with E-state index in [9.17, 15) is 4.79 Å². The number of fused-ring (bicyclic) bond motifs is 1. The molecule has 1 aliphatic rings. The van der Waals surface area contributed by atoms with Gasteiger partial charge >= 0.3 is 0 Å². The van der Waals surface area contributed by atoms with Crippen LogP contribution < -0.4 is 11.1 Å². The molecule has 1 amide bonds. The van der Waals surface area contributed by atoms with Crippen LogP contribution in [0.3, 0.4) is 0 Å². The second kappa shape index (κ2) is 5.64. The van der Waals surface area contributed by atoms with Crippen molar-refractivity contribution < 1.29 is 4.79 Å². The van der Waals surface area contributed by atoms with Gasteiger partial charge < -0.3 is 11.1 Å². The molecule has 21 heavy (non-hydrogen) atoms. The summed E-state index contributed by atoms with van der Waals surface area (Å²) in [6.07, 6.45) is 6.17. The molecule has 3 rings (SSSR count). The minimum Gasteiger partial charge on any atom is -0.375 e. The Balaban J connectivity index is 1.71. The molecule has 5 heteroatoms. The number of nitrogens with two attached hydrogens (primary N) is 1. The van der Waals surface area contributed by atoms with Crippen LogP contribution in [0.4, 0.5) is 5.13 Å². The number of carbonyl (C=O) groups excluding carboxylic acids is 1. The van der Waals surface area contributed by atoms with Crippen LogP contribution in [0.15, 0.2) is 18.2 Å². The molecule has 112 valence electrons. The summed E-state index contributed by atoms with van der Waals surface area (Å²) >= 11 is 1.42. The lowest BCUT2D eigenvalue weighted by molar-refractivity contribution is 0.0929. The summed E-state index contributed by atoms with van der Waals surface area (Å²) in [6, 6.07) is 5.57. The summed E-state index contributed by atoms with van der Waals surface area (Å²) in [7, 11) is 0. The maximum atomic E-state index is 12.4. The summed E-state index contributed by atoms with van der Waals surface area (Å²) in [6.45, 7) is 3.01. The van der Waals surface area contributed by atoms with E-state index in [1.165, 1.54) is 37.0 Å². The number of nitrogens with one attached hydrogen (secondary N) is 1.